The smallest absolute Gasteiger partial charge is 0.269 e. The van der Waals surface area contributed by atoms with Gasteiger partial charge in [-0.2, -0.15) is 0 Å². The summed E-state index contributed by atoms with van der Waals surface area (Å²) in [7, 11) is 1.60. The Hall–Kier alpha value is -3.42. The first-order valence-corrected chi connectivity index (χ1v) is 8.43. The van der Waals surface area contributed by atoms with Crippen molar-refractivity contribution < 1.29 is 19.2 Å². The maximum atomic E-state index is 12.6. The molecular weight excluding hydrogens is 350 g/mol. The Kier molecular flexibility index (Phi) is 5.07. The van der Waals surface area contributed by atoms with Crippen LogP contribution < -0.4 is 10.1 Å². The Balaban J connectivity index is 1.69. The maximum Gasteiger partial charge on any atom is 0.269 e. The predicted molar refractivity (Wildman–Crippen MR) is 98.4 cm³/mol. The summed E-state index contributed by atoms with van der Waals surface area (Å²) < 4.78 is 5.65. The second-order valence-corrected chi connectivity index (χ2v) is 6.33. The maximum absolute atomic E-state index is 12.6. The van der Waals surface area contributed by atoms with Gasteiger partial charge in [-0.05, 0) is 24.6 Å². The molecule has 0 fully saturated rings. The topological polar surface area (TPSA) is 102 Å². The summed E-state index contributed by atoms with van der Waals surface area (Å²) in [6.07, 6.45) is -1.05. The lowest BCUT2D eigenvalue weighted by molar-refractivity contribution is -0.384. The lowest BCUT2D eigenvalue weighted by Gasteiger charge is -2.29. The van der Waals surface area contributed by atoms with Crippen LogP contribution in [0, 0.1) is 10.1 Å². The number of amides is 2. The SMILES string of the molecule is C[C@@H](c1cccc([N+](=O)[O-])c1)N(C)C(=O)C[C@H]1Oc2ccccc2NC1=O. The van der Waals surface area contributed by atoms with Crippen molar-refractivity contribution in [2.45, 2.75) is 25.5 Å². The van der Waals surface area contributed by atoms with Crippen molar-refractivity contribution in [3.63, 3.8) is 0 Å². The van der Waals surface area contributed by atoms with E-state index in [2.05, 4.69) is 5.32 Å². The quantitative estimate of drug-likeness (QED) is 0.645. The molecule has 0 radical (unpaired) electrons. The molecule has 0 saturated heterocycles. The van der Waals surface area contributed by atoms with Crippen molar-refractivity contribution in [1.82, 2.24) is 4.90 Å². The molecule has 27 heavy (non-hydrogen) atoms. The van der Waals surface area contributed by atoms with Crippen molar-refractivity contribution >= 4 is 23.2 Å². The number of ether oxygens (including phenoxy) is 1. The van der Waals surface area contributed by atoms with Gasteiger partial charge >= 0.3 is 0 Å². The second-order valence-electron chi connectivity index (χ2n) is 6.33. The molecule has 1 heterocycles. The zero-order chi connectivity index (χ0) is 19.6. The highest BCUT2D eigenvalue weighted by Gasteiger charge is 2.31. The van der Waals surface area contributed by atoms with E-state index in [-0.39, 0.29) is 23.9 Å². The molecule has 0 aliphatic carbocycles. The van der Waals surface area contributed by atoms with Gasteiger partial charge in [-0.1, -0.05) is 24.3 Å². The Morgan fingerprint density at radius 1 is 1.30 bits per heavy atom. The number of carbonyl (C=O) groups is 2. The molecule has 140 valence electrons. The number of nitro benzene ring substituents is 1. The fourth-order valence-electron chi connectivity index (χ4n) is 2.87. The van der Waals surface area contributed by atoms with E-state index in [0.717, 1.165) is 0 Å². The monoisotopic (exact) mass is 369 g/mol. The fourth-order valence-corrected chi connectivity index (χ4v) is 2.87. The molecular formula is C19H19N3O5. The van der Waals surface area contributed by atoms with E-state index in [1.807, 2.05) is 0 Å². The first kappa shape index (κ1) is 18.4. The lowest BCUT2D eigenvalue weighted by Crippen LogP contribution is -2.41. The van der Waals surface area contributed by atoms with Gasteiger partial charge in [-0.25, -0.2) is 0 Å². The van der Waals surface area contributed by atoms with Crippen LogP contribution >= 0.6 is 0 Å². The van der Waals surface area contributed by atoms with Crippen LogP contribution in [0.4, 0.5) is 11.4 Å². The van der Waals surface area contributed by atoms with Crippen LogP contribution in [0.3, 0.4) is 0 Å². The molecule has 8 nitrogen and oxygen atoms in total. The van der Waals surface area contributed by atoms with Crippen LogP contribution in [0.2, 0.25) is 0 Å². The molecule has 0 bridgehead atoms. The minimum atomic E-state index is -0.924. The van der Waals surface area contributed by atoms with Gasteiger partial charge < -0.3 is 15.0 Å². The van der Waals surface area contributed by atoms with Gasteiger partial charge in [-0.3, -0.25) is 19.7 Å². The van der Waals surface area contributed by atoms with Crippen molar-refractivity contribution in [2.75, 3.05) is 12.4 Å². The van der Waals surface area contributed by atoms with Crippen molar-refractivity contribution in [3.8, 4) is 5.75 Å². The van der Waals surface area contributed by atoms with Gasteiger partial charge in [0.25, 0.3) is 11.6 Å². The van der Waals surface area contributed by atoms with Gasteiger partial charge in [0.2, 0.25) is 5.91 Å². The van der Waals surface area contributed by atoms with Crippen LogP contribution in [-0.2, 0) is 9.59 Å². The van der Waals surface area contributed by atoms with Gasteiger partial charge in [0.15, 0.2) is 6.10 Å². The molecule has 0 saturated carbocycles. The van der Waals surface area contributed by atoms with E-state index in [0.29, 0.717) is 17.0 Å². The minimum Gasteiger partial charge on any atom is -0.478 e. The molecule has 2 amide bonds. The third kappa shape index (κ3) is 3.89. The van der Waals surface area contributed by atoms with Crippen LogP contribution in [0.1, 0.15) is 24.9 Å². The van der Waals surface area contributed by atoms with E-state index in [1.54, 1.807) is 50.4 Å². The molecule has 8 heteroatoms. The number of para-hydroxylation sites is 2. The largest absolute Gasteiger partial charge is 0.478 e. The molecule has 3 rings (SSSR count). The fraction of sp³-hybridized carbons (Fsp3) is 0.263. The third-order valence-corrected chi connectivity index (χ3v) is 4.60. The number of nitrogens with zero attached hydrogens (tertiary/aromatic N) is 2. The normalized spacial score (nSPS) is 16.5. The Labute approximate surface area is 155 Å². The number of non-ortho nitro benzene ring substituents is 1. The summed E-state index contributed by atoms with van der Waals surface area (Å²) in [5.41, 5.74) is 1.18. The van der Waals surface area contributed by atoms with E-state index >= 15 is 0 Å². The summed E-state index contributed by atoms with van der Waals surface area (Å²) in [6, 6.07) is 12.8. The van der Waals surface area contributed by atoms with Crippen molar-refractivity contribution in [1.29, 1.82) is 0 Å². The summed E-state index contributed by atoms with van der Waals surface area (Å²) in [5.74, 6) is -0.156. The number of nitro groups is 1. The summed E-state index contributed by atoms with van der Waals surface area (Å²) in [6.45, 7) is 1.77. The molecule has 1 aliphatic heterocycles. The van der Waals surface area contributed by atoms with Crippen LogP contribution in [-0.4, -0.2) is 34.8 Å². The zero-order valence-corrected chi connectivity index (χ0v) is 14.9. The molecule has 1 N–H and O–H groups in total. The Morgan fingerprint density at radius 2 is 2.04 bits per heavy atom. The number of carbonyl (C=O) groups excluding carboxylic acids is 2. The number of hydrogen-bond donors (Lipinski definition) is 1. The Bertz CT molecular complexity index is 898. The number of hydrogen-bond acceptors (Lipinski definition) is 5. The molecule has 2 aromatic carbocycles. The second kappa shape index (κ2) is 7.45. The highest BCUT2D eigenvalue weighted by atomic mass is 16.6. The number of anilines is 1. The third-order valence-electron chi connectivity index (χ3n) is 4.60. The average Bonchev–Trinajstić information content (AvgIpc) is 2.67. The number of rotatable bonds is 5. The standard InChI is InChI=1S/C19H19N3O5/c1-12(13-6-5-7-14(10-13)22(25)26)21(2)18(23)11-17-19(24)20-15-8-3-4-9-16(15)27-17/h3-10,12,17H,11H2,1-2H3,(H,20,24)/t12-,17+/m0/s1. The van der Waals surface area contributed by atoms with E-state index in [1.165, 1.54) is 17.0 Å². The van der Waals surface area contributed by atoms with Gasteiger partial charge in [0.1, 0.15) is 5.75 Å². The van der Waals surface area contributed by atoms with Crippen molar-refractivity contribution in [3.05, 3.63) is 64.2 Å². The summed E-state index contributed by atoms with van der Waals surface area (Å²) in [4.78, 5) is 36.7. The summed E-state index contributed by atoms with van der Waals surface area (Å²) in [5, 5.41) is 13.7. The van der Waals surface area contributed by atoms with Crippen molar-refractivity contribution in [2.24, 2.45) is 0 Å². The van der Waals surface area contributed by atoms with E-state index < -0.39 is 17.1 Å². The van der Waals surface area contributed by atoms with Gasteiger partial charge in [-0.15, -0.1) is 0 Å². The first-order chi connectivity index (χ1) is 12.9. The lowest BCUT2D eigenvalue weighted by atomic mass is 10.1. The predicted octanol–water partition coefficient (Wildman–Crippen LogP) is 2.90. The molecule has 2 atom stereocenters. The van der Waals surface area contributed by atoms with E-state index in [9.17, 15) is 19.7 Å². The molecule has 0 unspecified atom stereocenters. The molecule has 2 aromatic rings. The zero-order valence-electron chi connectivity index (χ0n) is 14.9. The summed E-state index contributed by atoms with van der Waals surface area (Å²) >= 11 is 0. The Morgan fingerprint density at radius 3 is 2.78 bits per heavy atom. The van der Waals surface area contributed by atoms with Gasteiger partial charge in [0.05, 0.1) is 23.1 Å². The highest BCUT2D eigenvalue weighted by Crippen LogP contribution is 2.30. The first-order valence-electron chi connectivity index (χ1n) is 8.43. The van der Waals surface area contributed by atoms with Crippen LogP contribution in [0.15, 0.2) is 48.5 Å². The number of nitrogens with one attached hydrogen (secondary N) is 1. The molecule has 0 aromatic heterocycles. The van der Waals surface area contributed by atoms with E-state index in [4.69, 9.17) is 4.74 Å². The highest BCUT2D eigenvalue weighted by molar-refractivity contribution is 5.99. The van der Waals surface area contributed by atoms with Crippen LogP contribution in [0.5, 0.6) is 5.75 Å². The number of fused-ring (bicyclic) bond motifs is 1. The molecule has 1 aliphatic rings. The minimum absolute atomic E-state index is 0.0354. The molecule has 0 spiro atoms. The average molecular weight is 369 g/mol. The van der Waals surface area contributed by atoms with Gasteiger partial charge in [0, 0.05) is 19.2 Å². The van der Waals surface area contributed by atoms with Crippen LogP contribution in [0.25, 0.3) is 0 Å². The number of benzene rings is 2.